The predicted molar refractivity (Wildman–Crippen MR) is 77.9 cm³/mol. The standard InChI is InChI=1S/C15H17ClN2O2/c1-10-13(14(16)18(2)17-10)9-12(15(19)20)8-11-6-4-3-5-7-11/h3-7,12H,8-9H2,1-2H3,(H,19,20). The number of rotatable bonds is 5. The lowest BCUT2D eigenvalue weighted by atomic mass is 9.93. The summed E-state index contributed by atoms with van der Waals surface area (Å²) in [5.41, 5.74) is 2.62. The molecule has 0 saturated carbocycles. The molecule has 20 heavy (non-hydrogen) atoms. The van der Waals surface area contributed by atoms with Gasteiger partial charge in [0, 0.05) is 12.6 Å². The van der Waals surface area contributed by atoms with Crippen LogP contribution in [0.15, 0.2) is 30.3 Å². The van der Waals surface area contributed by atoms with Gasteiger partial charge in [-0.15, -0.1) is 0 Å². The van der Waals surface area contributed by atoms with Crippen LogP contribution in [0.2, 0.25) is 5.15 Å². The zero-order chi connectivity index (χ0) is 14.7. The Hall–Kier alpha value is -1.81. The number of aliphatic carboxylic acids is 1. The Kier molecular flexibility index (Phi) is 4.45. The van der Waals surface area contributed by atoms with E-state index in [0.29, 0.717) is 18.0 Å². The lowest BCUT2D eigenvalue weighted by Gasteiger charge is -2.12. The van der Waals surface area contributed by atoms with Gasteiger partial charge in [-0.2, -0.15) is 5.10 Å². The molecule has 0 radical (unpaired) electrons. The van der Waals surface area contributed by atoms with Gasteiger partial charge in [0.15, 0.2) is 0 Å². The Labute approximate surface area is 123 Å². The summed E-state index contributed by atoms with van der Waals surface area (Å²) < 4.78 is 1.58. The fraction of sp³-hybridized carbons (Fsp3) is 0.333. The molecule has 0 fully saturated rings. The van der Waals surface area contributed by atoms with Crippen molar-refractivity contribution in [2.24, 2.45) is 13.0 Å². The molecular formula is C15H17ClN2O2. The largest absolute Gasteiger partial charge is 0.481 e. The molecule has 1 aromatic heterocycles. The maximum Gasteiger partial charge on any atom is 0.307 e. The van der Waals surface area contributed by atoms with E-state index < -0.39 is 11.9 Å². The minimum atomic E-state index is -0.812. The Morgan fingerprint density at radius 1 is 1.35 bits per heavy atom. The summed E-state index contributed by atoms with van der Waals surface area (Å²) in [6.07, 6.45) is 0.879. The smallest absolute Gasteiger partial charge is 0.307 e. The van der Waals surface area contributed by atoms with E-state index in [1.165, 1.54) is 0 Å². The summed E-state index contributed by atoms with van der Waals surface area (Å²) in [7, 11) is 1.76. The number of carboxylic acid groups (broad SMARTS) is 1. The number of nitrogens with zero attached hydrogens (tertiary/aromatic N) is 2. The number of aromatic nitrogens is 2. The van der Waals surface area contributed by atoms with Gasteiger partial charge >= 0.3 is 5.97 Å². The minimum Gasteiger partial charge on any atom is -0.481 e. The normalized spacial score (nSPS) is 12.3. The van der Waals surface area contributed by atoms with Crippen molar-refractivity contribution in [3.05, 3.63) is 52.3 Å². The minimum absolute atomic E-state index is 0.392. The van der Waals surface area contributed by atoms with E-state index >= 15 is 0 Å². The first-order valence-corrected chi connectivity index (χ1v) is 6.81. The second kappa shape index (κ2) is 6.09. The fourth-order valence-corrected chi connectivity index (χ4v) is 2.55. The lowest BCUT2D eigenvalue weighted by molar-refractivity contribution is -0.141. The van der Waals surface area contributed by atoms with Crippen LogP contribution < -0.4 is 0 Å². The molecule has 0 bridgehead atoms. The Bertz CT molecular complexity index is 608. The van der Waals surface area contributed by atoms with Crippen molar-refractivity contribution < 1.29 is 9.90 Å². The zero-order valence-corrected chi connectivity index (χ0v) is 12.3. The van der Waals surface area contributed by atoms with Crippen molar-refractivity contribution in [2.75, 3.05) is 0 Å². The monoisotopic (exact) mass is 292 g/mol. The third-order valence-corrected chi connectivity index (χ3v) is 3.87. The van der Waals surface area contributed by atoms with Crippen LogP contribution in [-0.2, 0) is 24.7 Å². The van der Waals surface area contributed by atoms with Crippen LogP contribution >= 0.6 is 11.6 Å². The highest BCUT2D eigenvalue weighted by Gasteiger charge is 2.23. The molecule has 2 rings (SSSR count). The van der Waals surface area contributed by atoms with Crippen LogP contribution in [-0.4, -0.2) is 20.9 Å². The number of hydrogen-bond acceptors (Lipinski definition) is 2. The summed E-state index contributed by atoms with van der Waals surface area (Å²) in [4.78, 5) is 11.5. The summed E-state index contributed by atoms with van der Waals surface area (Å²) in [5.74, 6) is -1.31. The first-order chi connectivity index (χ1) is 9.49. The van der Waals surface area contributed by atoms with Crippen LogP contribution in [0.5, 0.6) is 0 Å². The van der Waals surface area contributed by atoms with E-state index in [0.717, 1.165) is 16.8 Å². The van der Waals surface area contributed by atoms with E-state index in [1.807, 2.05) is 37.3 Å². The van der Waals surface area contributed by atoms with E-state index in [2.05, 4.69) is 5.10 Å². The molecule has 1 heterocycles. The van der Waals surface area contributed by atoms with Crippen molar-refractivity contribution in [1.29, 1.82) is 0 Å². The Morgan fingerprint density at radius 3 is 2.50 bits per heavy atom. The molecule has 5 heteroatoms. The molecule has 0 aliphatic heterocycles. The van der Waals surface area contributed by atoms with Crippen molar-refractivity contribution in [3.63, 3.8) is 0 Å². The number of aryl methyl sites for hydroxylation is 2. The quantitative estimate of drug-likeness (QED) is 0.922. The van der Waals surface area contributed by atoms with Gasteiger partial charge in [0.05, 0.1) is 11.6 Å². The van der Waals surface area contributed by atoms with Crippen LogP contribution in [0.25, 0.3) is 0 Å². The summed E-state index contributed by atoms with van der Waals surface area (Å²) >= 11 is 6.17. The van der Waals surface area contributed by atoms with Crippen molar-refractivity contribution in [2.45, 2.75) is 19.8 Å². The molecule has 1 unspecified atom stereocenters. The molecule has 2 aromatic rings. The average Bonchev–Trinajstić information content (AvgIpc) is 2.65. The second-order valence-corrected chi connectivity index (χ2v) is 5.27. The number of halogens is 1. The van der Waals surface area contributed by atoms with Crippen molar-refractivity contribution >= 4 is 17.6 Å². The van der Waals surface area contributed by atoms with Gasteiger partial charge in [-0.1, -0.05) is 41.9 Å². The van der Waals surface area contributed by atoms with Gasteiger partial charge in [-0.05, 0) is 25.3 Å². The lowest BCUT2D eigenvalue weighted by Crippen LogP contribution is -2.19. The third kappa shape index (κ3) is 3.20. The van der Waals surface area contributed by atoms with Gasteiger partial charge in [0.2, 0.25) is 0 Å². The topological polar surface area (TPSA) is 55.1 Å². The molecule has 0 saturated heterocycles. The molecule has 1 atom stereocenters. The number of carboxylic acids is 1. The highest BCUT2D eigenvalue weighted by atomic mass is 35.5. The van der Waals surface area contributed by atoms with Crippen LogP contribution in [0, 0.1) is 12.8 Å². The average molecular weight is 293 g/mol. The molecule has 106 valence electrons. The summed E-state index contributed by atoms with van der Waals surface area (Å²) in [6.45, 7) is 1.85. The molecule has 0 aliphatic rings. The molecule has 4 nitrogen and oxygen atoms in total. The highest BCUT2D eigenvalue weighted by Crippen LogP contribution is 2.24. The Morgan fingerprint density at radius 2 is 2.00 bits per heavy atom. The van der Waals surface area contributed by atoms with E-state index in [-0.39, 0.29) is 0 Å². The first-order valence-electron chi connectivity index (χ1n) is 6.43. The fourth-order valence-electron chi connectivity index (χ4n) is 2.30. The van der Waals surface area contributed by atoms with Crippen molar-refractivity contribution in [1.82, 2.24) is 9.78 Å². The molecule has 0 spiro atoms. The maximum absolute atomic E-state index is 11.5. The van der Waals surface area contributed by atoms with Gasteiger partial charge < -0.3 is 5.11 Å². The van der Waals surface area contributed by atoms with Gasteiger partial charge in [0.1, 0.15) is 5.15 Å². The zero-order valence-electron chi connectivity index (χ0n) is 11.5. The predicted octanol–water partition coefficient (Wildman–Crippen LogP) is 2.87. The van der Waals surface area contributed by atoms with Crippen LogP contribution in [0.1, 0.15) is 16.8 Å². The van der Waals surface area contributed by atoms with E-state index in [4.69, 9.17) is 11.6 Å². The molecule has 0 aliphatic carbocycles. The summed E-state index contributed by atoms with van der Waals surface area (Å²) in [6, 6.07) is 9.62. The van der Waals surface area contributed by atoms with Gasteiger partial charge in [0.25, 0.3) is 0 Å². The van der Waals surface area contributed by atoms with Crippen LogP contribution in [0.3, 0.4) is 0 Å². The van der Waals surface area contributed by atoms with Crippen LogP contribution in [0.4, 0.5) is 0 Å². The van der Waals surface area contributed by atoms with E-state index in [9.17, 15) is 9.90 Å². The second-order valence-electron chi connectivity index (χ2n) is 4.91. The van der Waals surface area contributed by atoms with Crippen molar-refractivity contribution in [3.8, 4) is 0 Å². The Balaban J connectivity index is 2.20. The van der Waals surface area contributed by atoms with Gasteiger partial charge in [-0.3, -0.25) is 9.48 Å². The first kappa shape index (κ1) is 14.6. The van der Waals surface area contributed by atoms with Gasteiger partial charge in [-0.25, -0.2) is 0 Å². The van der Waals surface area contributed by atoms with E-state index in [1.54, 1.807) is 11.7 Å². The molecule has 1 aromatic carbocycles. The molecule has 1 N–H and O–H groups in total. The SMILES string of the molecule is Cc1nn(C)c(Cl)c1CC(Cc1ccccc1)C(=O)O. The molecular weight excluding hydrogens is 276 g/mol. The summed E-state index contributed by atoms with van der Waals surface area (Å²) in [5, 5.41) is 14.2. The third-order valence-electron chi connectivity index (χ3n) is 3.39. The maximum atomic E-state index is 11.5. The highest BCUT2D eigenvalue weighted by molar-refractivity contribution is 6.30. The number of carbonyl (C=O) groups is 1. The number of benzene rings is 1. The number of hydrogen-bond donors (Lipinski definition) is 1. The molecule has 0 amide bonds.